The van der Waals surface area contributed by atoms with Crippen LogP contribution in [0.1, 0.15) is 16.7 Å². The van der Waals surface area contributed by atoms with Crippen LogP contribution in [0.25, 0.3) is 44.8 Å². The van der Waals surface area contributed by atoms with Crippen molar-refractivity contribution >= 4 is 39.4 Å². The Bertz CT molecular complexity index is 1420. The summed E-state index contributed by atoms with van der Waals surface area (Å²) in [5.41, 5.74) is 5.85. The summed E-state index contributed by atoms with van der Waals surface area (Å²) in [5.74, 6) is 0. The summed E-state index contributed by atoms with van der Waals surface area (Å²) in [6.07, 6.45) is 4.13. The number of benzene rings is 5. The SMILES string of the molecule is Cc1ccc(-c2c3ccccc3c(/C=C/c3ccc([N+](=O)[O-])cc3)c3ccccc23)cc1. The molecule has 0 fully saturated rings. The minimum Gasteiger partial charge on any atom is -0.258 e. The zero-order valence-corrected chi connectivity index (χ0v) is 17.7. The molecule has 0 aliphatic carbocycles. The van der Waals surface area contributed by atoms with Gasteiger partial charge in [-0.2, -0.15) is 0 Å². The molecule has 0 spiro atoms. The van der Waals surface area contributed by atoms with Crippen LogP contribution < -0.4 is 0 Å². The van der Waals surface area contributed by atoms with Crippen LogP contribution >= 0.6 is 0 Å². The molecular formula is C29H21NO2. The molecule has 0 unspecified atom stereocenters. The largest absolute Gasteiger partial charge is 0.269 e. The van der Waals surface area contributed by atoms with E-state index in [1.54, 1.807) is 12.1 Å². The van der Waals surface area contributed by atoms with Crippen molar-refractivity contribution in [2.75, 3.05) is 0 Å². The molecule has 32 heavy (non-hydrogen) atoms. The predicted molar refractivity (Wildman–Crippen MR) is 134 cm³/mol. The maximum atomic E-state index is 10.9. The molecular weight excluding hydrogens is 394 g/mol. The van der Waals surface area contributed by atoms with Gasteiger partial charge in [-0.3, -0.25) is 10.1 Å². The highest BCUT2D eigenvalue weighted by Gasteiger charge is 2.13. The van der Waals surface area contributed by atoms with Crippen LogP contribution in [0.2, 0.25) is 0 Å². The number of nitro groups is 1. The van der Waals surface area contributed by atoms with Crippen LogP contribution in [-0.2, 0) is 0 Å². The van der Waals surface area contributed by atoms with Gasteiger partial charge in [-0.15, -0.1) is 0 Å². The number of fused-ring (bicyclic) bond motifs is 2. The van der Waals surface area contributed by atoms with Crippen molar-refractivity contribution in [3.05, 3.63) is 124 Å². The lowest BCUT2D eigenvalue weighted by Gasteiger charge is -2.16. The van der Waals surface area contributed by atoms with E-state index in [1.807, 2.05) is 6.08 Å². The molecule has 0 saturated carbocycles. The maximum absolute atomic E-state index is 10.9. The Morgan fingerprint density at radius 1 is 0.656 bits per heavy atom. The summed E-state index contributed by atoms with van der Waals surface area (Å²) in [5, 5.41) is 15.7. The fraction of sp³-hybridized carbons (Fsp3) is 0.0345. The van der Waals surface area contributed by atoms with Crippen molar-refractivity contribution in [3.63, 3.8) is 0 Å². The summed E-state index contributed by atoms with van der Waals surface area (Å²) in [6, 6.07) is 32.3. The average Bonchev–Trinajstić information content (AvgIpc) is 2.83. The first-order chi connectivity index (χ1) is 15.6. The lowest BCUT2D eigenvalue weighted by atomic mass is 9.88. The molecule has 3 nitrogen and oxygen atoms in total. The molecule has 0 atom stereocenters. The third kappa shape index (κ3) is 3.54. The van der Waals surface area contributed by atoms with Gasteiger partial charge in [0.2, 0.25) is 0 Å². The quantitative estimate of drug-likeness (QED) is 0.129. The van der Waals surface area contributed by atoms with E-state index in [2.05, 4.69) is 85.8 Å². The molecule has 0 aromatic heterocycles. The molecule has 5 aromatic carbocycles. The van der Waals surface area contributed by atoms with Gasteiger partial charge in [0.25, 0.3) is 5.69 Å². The summed E-state index contributed by atoms with van der Waals surface area (Å²) in [6.45, 7) is 2.10. The molecule has 5 aromatic rings. The van der Waals surface area contributed by atoms with Gasteiger partial charge in [-0.05, 0) is 62.9 Å². The normalized spacial score (nSPS) is 11.4. The highest BCUT2D eigenvalue weighted by atomic mass is 16.6. The molecule has 3 heteroatoms. The van der Waals surface area contributed by atoms with E-state index < -0.39 is 0 Å². The van der Waals surface area contributed by atoms with Crippen LogP contribution in [0.5, 0.6) is 0 Å². The Hall–Kier alpha value is -4.24. The van der Waals surface area contributed by atoms with Crippen molar-refractivity contribution < 1.29 is 4.92 Å². The van der Waals surface area contributed by atoms with E-state index in [1.165, 1.54) is 50.4 Å². The van der Waals surface area contributed by atoms with Crippen molar-refractivity contribution in [3.8, 4) is 11.1 Å². The Morgan fingerprint density at radius 3 is 1.72 bits per heavy atom. The van der Waals surface area contributed by atoms with Gasteiger partial charge < -0.3 is 0 Å². The van der Waals surface area contributed by atoms with Gasteiger partial charge in [0.1, 0.15) is 0 Å². The second-order valence-corrected chi connectivity index (χ2v) is 7.93. The van der Waals surface area contributed by atoms with Gasteiger partial charge in [0, 0.05) is 12.1 Å². The van der Waals surface area contributed by atoms with Crippen molar-refractivity contribution in [1.82, 2.24) is 0 Å². The third-order valence-corrected chi connectivity index (χ3v) is 5.86. The highest BCUT2D eigenvalue weighted by Crippen LogP contribution is 2.40. The first-order valence-corrected chi connectivity index (χ1v) is 10.5. The van der Waals surface area contributed by atoms with E-state index >= 15 is 0 Å². The Morgan fingerprint density at radius 2 is 1.19 bits per heavy atom. The number of hydrogen-bond donors (Lipinski definition) is 0. The summed E-state index contributed by atoms with van der Waals surface area (Å²) in [7, 11) is 0. The number of hydrogen-bond acceptors (Lipinski definition) is 2. The fourth-order valence-electron chi connectivity index (χ4n) is 4.26. The zero-order valence-electron chi connectivity index (χ0n) is 17.7. The van der Waals surface area contributed by atoms with Gasteiger partial charge in [0.05, 0.1) is 4.92 Å². The lowest BCUT2D eigenvalue weighted by molar-refractivity contribution is -0.384. The van der Waals surface area contributed by atoms with Crippen molar-refractivity contribution in [2.45, 2.75) is 6.92 Å². The van der Waals surface area contributed by atoms with Gasteiger partial charge >= 0.3 is 0 Å². The number of non-ortho nitro benzene ring substituents is 1. The van der Waals surface area contributed by atoms with E-state index in [0.29, 0.717) is 0 Å². The standard InChI is InChI=1S/C29H21NO2/c1-20-10-15-22(16-11-20)29-27-8-4-2-6-24(27)26(25-7-3-5-9-28(25)29)19-14-21-12-17-23(18-13-21)30(31)32/h2-19H,1H3/b19-14+. The molecule has 0 bridgehead atoms. The molecule has 0 aliphatic rings. The molecule has 0 heterocycles. The van der Waals surface area contributed by atoms with Crippen LogP contribution in [0.15, 0.2) is 97.1 Å². The average molecular weight is 415 g/mol. The number of nitrogens with zero attached hydrogens (tertiary/aromatic N) is 1. The molecule has 0 radical (unpaired) electrons. The molecule has 0 aliphatic heterocycles. The third-order valence-electron chi connectivity index (χ3n) is 5.86. The van der Waals surface area contributed by atoms with Gasteiger partial charge in [-0.1, -0.05) is 90.5 Å². The topological polar surface area (TPSA) is 43.1 Å². The van der Waals surface area contributed by atoms with Crippen LogP contribution in [0, 0.1) is 17.0 Å². The highest BCUT2D eigenvalue weighted by molar-refractivity contribution is 6.18. The van der Waals surface area contributed by atoms with Crippen LogP contribution in [-0.4, -0.2) is 4.92 Å². The van der Waals surface area contributed by atoms with Gasteiger partial charge in [-0.25, -0.2) is 0 Å². The number of aryl methyl sites for hydroxylation is 1. The number of nitro benzene ring substituents is 1. The summed E-state index contributed by atoms with van der Waals surface area (Å²) < 4.78 is 0. The summed E-state index contributed by atoms with van der Waals surface area (Å²) in [4.78, 5) is 10.6. The number of rotatable bonds is 4. The molecule has 0 N–H and O–H groups in total. The zero-order chi connectivity index (χ0) is 22.1. The second kappa shape index (κ2) is 8.12. The van der Waals surface area contributed by atoms with E-state index in [0.717, 1.165) is 11.1 Å². The minimum absolute atomic E-state index is 0.0977. The maximum Gasteiger partial charge on any atom is 0.269 e. The Kier molecular flexibility index (Phi) is 5.00. The van der Waals surface area contributed by atoms with E-state index in [9.17, 15) is 10.1 Å². The molecule has 0 saturated heterocycles. The first kappa shape index (κ1) is 19.7. The second-order valence-electron chi connectivity index (χ2n) is 7.93. The fourth-order valence-corrected chi connectivity index (χ4v) is 4.26. The Labute approximate surface area is 186 Å². The van der Waals surface area contributed by atoms with E-state index in [-0.39, 0.29) is 10.6 Å². The smallest absolute Gasteiger partial charge is 0.258 e. The lowest BCUT2D eigenvalue weighted by Crippen LogP contribution is -1.90. The molecule has 5 rings (SSSR count). The first-order valence-electron chi connectivity index (χ1n) is 10.5. The van der Waals surface area contributed by atoms with E-state index in [4.69, 9.17) is 0 Å². The van der Waals surface area contributed by atoms with Crippen LogP contribution in [0.4, 0.5) is 5.69 Å². The predicted octanol–water partition coefficient (Wildman–Crippen LogP) is 8.05. The summed E-state index contributed by atoms with van der Waals surface area (Å²) >= 11 is 0. The van der Waals surface area contributed by atoms with Crippen molar-refractivity contribution in [2.24, 2.45) is 0 Å². The molecule has 0 amide bonds. The molecule has 154 valence electrons. The van der Waals surface area contributed by atoms with Crippen LogP contribution in [0.3, 0.4) is 0 Å². The monoisotopic (exact) mass is 415 g/mol. The minimum atomic E-state index is -0.377. The van der Waals surface area contributed by atoms with Crippen molar-refractivity contribution in [1.29, 1.82) is 0 Å². The van der Waals surface area contributed by atoms with Gasteiger partial charge in [0.15, 0.2) is 0 Å². The Balaban J connectivity index is 1.74.